The molecule has 0 aromatic carbocycles. The summed E-state index contributed by atoms with van der Waals surface area (Å²) in [5.74, 6) is 0. The number of hydrogen-bond acceptors (Lipinski definition) is 2. The summed E-state index contributed by atoms with van der Waals surface area (Å²) in [7, 11) is 0. The molecule has 3 nitrogen and oxygen atoms in total. The van der Waals surface area contributed by atoms with Crippen LogP contribution >= 0.6 is 0 Å². The zero-order valence-corrected chi connectivity index (χ0v) is 15.0. The van der Waals surface area contributed by atoms with Crippen molar-refractivity contribution in [3.63, 3.8) is 0 Å². The van der Waals surface area contributed by atoms with Gasteiger partial charge in [0.15, 0.2) is 0 Å². The van der Waals surface area contributed by atoms with E-state index < -0.39 is 6.16 Å². The van der Waals surface area contributed by atoms with Gasteiger partial charge in [-0.1, -0.05) is 77.6 Å². The first-order chi connectivity index (χ1) is 8.77. The summed E-state index contributed by atoms with van der Waals surface area (Å²) in [6.07, 6.45) is 14.3. The molecule has 0 saturated carbocycles. The van der Waals surface area contributed by atoms with Gasteiger partial charge in [-0.3, -0.25) is 0 Å². The Morgan fingerprint density at radius 2 is 1.21 bits per heavy atom. The van der Waals surface area contributed by atoms with Crippen molar-refractivity contribution in [1.82, 2.24) is 0 Å². The molecule has 19 heavy (non-hydrogen) atoms. The molecule has 4 heteroatoms. The molecule has 110 valence electrons. The second-order valence-corrected chi connectivity index (χ2v) is 5.00. The van der Waals surface area contributed by atoms with Crippen LogP contribution in [0.25, 0.3) is 0 Å². The maximum Gasteiger partial charge on any atom is 1.00 e. The Morgan fingerprint density at radius 1 is 0.842 bits per heavy atom. The van der Waals surface area contributed by atoms with Crippen molar-refractivity contribution < 1.29 is 45.6 Å². The average molecular weight is 282 g/mol. The van der Waals surface area contributed by atoms with Crippen LogP contribution in [0.3, 0.4) is 0 Å². The molecule has 0 aromatic heterocycles. The molecule has 1 N–H and O–H groups in total. The monoisotopic (exact) mass is 282 g/mol. The molecule has 0 rings (SSSR count). The van der Waals surface area contributed by atoms with E-state index in [9.17, 15) is 4.79 Å². The van der Waals surface area contributed by atoms with E-state index >= 15 is 0 Å². The Kier molecular flexibility index (Phi) is 20.7. The number of carbonyl (C=O) groups is 1. The minimum Gasteiger partial charge on any atom is -1.00 e. The topological polar surface area (TPSA) is 46.5 Å². The van der Waals surface area contributed by atoms with Gasteiger partial charge < -0.3 is 11.3 Å². The standard InChI is InChI=1S/C15H30O3.Na.H/c1-2-3-4-5-6-7-8-9-10-11-12-13-14-18-15(16)17;;/h2-14H2,1H3,(H,16,17);;/q;+1;-1. The molecule has 0 fully saturated rings. The van der Waals surface area contributed by atoms with Crippen LogP contribution in [0.1, 0.15) is 85.4 Å². The fourth-order valence-corrected chi connectivity index (χ4v) is 2.10. The second-order valence-electron chi connectivity index (χ2n) is 5.00. The van der Waals surface area contributed by atoms with Crippen LogP contribution in [-0.2, 0) is 4.74 Å². The molecule has 0 aliphatic heterocycles. The van der Waals surface area contributed by atoms with Crippen molar-refractivity contribution in [2.24, 2.45) is 0 Å². The van der Waals surface area contributed by atoms with Gasteiger partial charge in [-0.2, -0.15) is 0 Å². The number of hydrogen-bond donors (Lipinski definition) is 1. The Balaban J connectivity index is -0.00000144. The van der Waals surface area contributed by atoms with Gasteiger partial charge in [0, 0.05) is 0 Å². The van der Waals surface area contributed by atoms with E-state index in [1.165, 1.54) is 64.2 Å². The first kappa shape index (κ1) is 21.6. The third-order valence-corrected chi connectivity index (χ3v) is 3.22. The Labute approximate surface area is 142 Å². The van der Waals surface area contributed by atoms with E-state index in [1.54, 1.807) is 0 Å². The minimum absolute atomic E-state index is 0. The molecular formula is C15H31NaO3. The molecular weight excluding hydrogens is 251 g/mol. The summed E-state index contributed by atoms with van der Waals surface area (Å²) in [5.41, 5.74) is 0. The minimum atomic E-state index is -1.15. The Morgan fingerprint density at radius 3 is 1.58 bits per heavy atom. The van der Waals surface area contributed by atoms with Gasteiger partial charge >= 0.3 is 35.7 Å². The molecule has 0 saturated heterocycles. The van der Waals surface area contributed by atoms with Gasteiger partial charge in [0.1, 0.15) is 0 Å². The number of carboxylic acid groups (broad SMARTS) is 1. The van der Waals surface area contributed by atoms with Crippen molar-refractivity contribution in [3.05, 3.63) is 0 Å². The van der Waals surface area contributed by atoms with E-state index in [2.05, 4.69) is 11.7 Å². The summed E-state index contributed by atoms with van der Waals surface area (Å²) in [6, 6.07) is 0. The Bertz CT molecular complexity index is 192. The van der Waals surface area contributed by atoms with Crippen molar-refractivity contribution in [3.8, 4) is 0 Å². The quantitative estimate of drug-likeness (QED) is 0.321. The summed E-state index contributed by atoms with van der Waals surface area (Å²) in [5, 5.41) is 8.27. The third kappa shape index (κ3) is 20.7. The van der Waals surface area contributed by atoms with E-state index in [-0.39, 0.29) is 31.0 Å². The summed E-state index contributed by atoms with van der Waals surface area (Å²) in [4.78, 5) is 10.1. The van der Waals surface area contributed by atoms with Crippen LogP contribution in [0, 0.1) is 0 Å². The summed E-state index contributed by atoms with van der Waals surface area (Å²) >= 11 is 0. The van der Waals surface area contributed by atoms with Crippen LogP contribution in [0.2, 0.25) is 0 Å². The fourth-order valence-electron chi connectivity index (χ4n) is 2.10. The summed E-state index contributed by atoms with van der Waals surface area (Å²) in [6.45, 7) is 2.61. The zero-order valence-electron chi connectivity index (χ0n) is 14.0. The summed E-state index contributed by atoms with van der Waals surface area (Å²) < 4.78 is 4.45. The fraction of sp³-hybridized carbons (Fsp3) is 0.933. The molecule has 0 heterocycles. The maximum atomic E-state index is 10.1. The van der Waals surface area contributed by atoms with Crippen LogP contribution < -0.4 is 29.6 Å². The van der Waals surface area contributed by atoms with Crippen molar-refractivity contribution in [2.45, 2.75) is 84.0 Å². The molecule has 0 aliphatic rings. The third-order valence-electron chi connectivity index (χ3n) is 3.22. The first-order valence-corrected chi connectivity index (χ1v) is 7.63. The Hall–Kier alpha value is 0.270. The molecule has 0 radical (unpaired) electrons. The number of unbranched alkanes of at least 4 members (excludes halogenated alkanes) is 11. The van der Waals surface area contributed by atoms with E-state index in [0.29, 0.717) is 6.61 Å². The average Bonchev–Trinajstić information content (AvgIpc) is 2.34. The van der Waals surface area contributed by atoms with Crippen molar-refractivity contribution in [1.29, 1.82) is 0 Å². The van der Waals surface area contributed by atoms with Gasteiger partial charge in [-0.05, 0) is 6.42 Å². The molecule has 0 spiro atoms. The van der Waals surface area contributed by atoms with Crippen LogP contribution in [0.4, 0.5) is 4.79 Å². The number of rotatable bonds is 13. The van der Waals surface area contributed by atoms with Crippen molar-refractivity contribution in [2.75, 3.05) is 6.61 Å². The van der Waals surface area contributed by atoms with E-state index in [1.807, 2.05) is 0 Å². The molecule has 0 aromatic rings. The predicted octanol–water partition coefficient (Wildman–Crippen LogP) is 2.50. The first-order valence-electron chi connectivity index (χ1n) is 7.63. The van der Waals surface area contributed by atoms with Gasteiger partial charge in [-0.15, -0.1) is 0 Å². The van der Waals surface area contributed by atoms with Gasteiger partial charge in [-0.25, -0.2) is 4.79 Å². The van der Waals surface area contributed by atoms with Crippen LogP contribution in [0.5, 0.6) is 0 Å². The van der Waals surface area contributed by atoms with Gasteiger partial charge in [0.2, 0.25) is 0 Å². The largest absolute Gasteiger partial charge is 1.00 e. The van der Waals surface area contributed by atoms with Gasteiger partial charge in [0.05, 0.1) is 6.61 Å². The molecule has 0 amide bonds. The SMILES string of the molecule is CCCCCCCCCCCCCCOC(=O)O.[H-].[Na+]. The smallest absolute Gasteiger partial charge is 1.00 e. The van der Waals surface area contributed by atoms with Crippen molar-refractivity contribution >= 4 is 6.16 Å². The molecule has 0 aliphatic carbocycles. The van der Waals surface area contributed by atoms with Gasteiger partial charge in [0.25, 0.3) is 0 Å². The maximum absolute atomic E-state index is 10.1. The second kappa shape index (κ2) is 18.3. The van der Waals surface area contributed by atoms with Crippen LogP contribution in [0.15, 0.2) is 0 Å². The number of ether oxygens (including phenoxy) is 1. The van der Waals surface area contributed by atoms with Crippen LogP contribution in [-0.4, -0.2) is 17.9 Å². The van der Waals surface area contributed by atoms with E-state index in [4.69, 9.17) is 5.11 Å². The molecule has 0 unspecified atom stereocenters. The zero-order chi connectivity index (χ0) is 13.5. The molecule has 0 atom stereocenters. The predicted molar refractivity (Wildman–Crippen MR) is 76.2 cm³/mol. The normalized spacial score (nSPS) is 9.95. The molecule has 0 bridgehead atoms. The van der Waals surface area contributed by atoms with E-state index in [0.717, 1.165) is 12.8 Å².